The second kappa shape index (κ2) is 5.42. The highest BCUT2D eigenvalue weighted by Crippen LogP contribution is 2.25. The van der Waals surface area contributed by atoms with E-state index in [0.717, 1.165) is 13.0 Å². The minimum Gasteiger partial charge on any atom is -0.306 e. The van der Waals surface area contributed by atoms with E-state index in [0.29, 0.717) is 6.04 Å². The van der Waals surface area contributed by atoms with Crippen molar-refractivity contribution in [1.82, 2.24) is 10.3 Å². The van der Waals surface area contributed by atoms with Crippen molar-refractivity contribution in [2.24, 2.45) is 0 Å². The lowest BCUT2D eigenvalue weighted by molar-refractivity contribution is 0.612. The lowest BCUT2D eigenvalue weighted by atomic mass is 10.2. The molecule has 0 saturated heterocycles. The molecule has 0 radical (unpaired) electrons. The van der Waals surface area contributed by atoms with Gasteiger partial charge in [-0.15, -0.1) is 11.3 Å². The highest BCUT2D eigenvalue weighted by Gasteiger charge is 2.12. The predicted octanol–water partition coefficient (Wildman–Crippen LogP) is 3.24. The zero-order valence-electron chi connectivity index (χ0n) is 10.1. The summed E-state index contributed by atoms with van der Waals surface area (Å²) in [4.78, 5) is 5.89. The summed E-state index contributed by atoms with van der Waals surface area (Å²) in [6.45, 7) is 13.2. The number of rotatable bonds is 5. The molecular formula is C12H20N2S. The van der Waals surface area contributed by atoms with Gasteiger partial charge in [0.25, 0.3) is 0 Å². The van der Waals surface area contributed by atoms with Crippen LogP contribution in [0.5, 0.6) is 0 Å². The molecule has 2 nitrogen and oxygen atoms in total. The highest BCUT2D eigenvalue weighted by atomic mass is 32.1. The van der Waals surface area contributed by atoms with Gasteiger partial charge in [0, 0.05) is 17.5 Å². The molecule has 1 atom stereocenters. The summed E-state index contributed by atoms with van der Waals surface area (Å²) in [7, 11) is 0. The molecular weight excluding hydrogens is 204 g/mol. The third kappa shape index (κ3) is 3.43. The first-order valence-corrected chi connectivity index (χ1v) is 6.20. The molecule has 0 saturated carbocycles. The van der Waals surface area contributed by atoms with Gasteiger partial charge in [0.15, 0.2) is 0 Å². The molecule has 0 aromatic carbocycles. The Bertz CT molecular complexity index is 341. The molecule has 0 aliphatic rings. The summed E-state index contributed by atoms with van der Waals surface area (Å²) >= 11 is 1.82. The SMILES string of the molecule is C=C(C)CN[C@H](C)c1sc(CC)nc1C. The van der Waals surface area contributed by atoms with Gasteiger partial charge in [0.2, 0.25) is 0 Å². The molecule has 15 heavy (non-hydrogen) atoms. The van der Waals surface area contributed by atoms with E-state index in [9.17, 15) is 0 Å². The topological polar surface area (TPSA) is 24.9 Å². The lowest BCUT2D eigenvalue weighted by Crippen LogP contribution is -2.20. The number of hydrogen-bond acceptors (Lipinski definition) is 3. The zero-order valence-corrected chi connectivity index (χ0v) is 10.9. The molecule has 1 aromatic rings. The molecule has 0 fully saturated rings. The minimum absolute atomic E-state index is 0.375. The Kier molecular flexibility index (Phi) is 4.48. The predicted molar refractivity (Wildman–Crippen MR) is 67.5 cm³/mol. The van der Waals surface area contributed by atoms with Crippen LogP contribution >= 0.6 is 11.3 Å². The van der Waals surface area contributed by atoms with Crippen molar-refractivity contribution < 1.29 is 0 Å². The van der Waals surface area contributed by atoms with E-state index in [-0.39, 0.29) is 0 Å². The monoisotopic (exact) mass is 224 g/mol. The lowest BCUT2D eigenvalue weighted by Gasteiger charge is -2.12. The molecule has 84 valence electrons. The van der Waals surface area contributed by atoms with Crippen LogP contribution in [-0.4, -0.2) is 11.5 Å². The molecule has 1 N–H and O–H groups in total. The standard InChI is InChI=1S/C12H20N2S/c1-6-11-14-10(5)12(15-11)9(4)13-7-8(2)3/h9,13H,2,6-7H2,1,3-5H3/t9-/m1/s1. The minimum atomic E-state index is 0.375. The molecule has 0 unspecified atom stereocenters. The van der Waals surface area contributed by atoms with Gasteiger partial charge in [0.1, 0.15) is 0 Å². The van der Waals surface area contributed by atoms with E-state index < -0.39 is 0 Å². The Hall–Kier alpha value is -0.670. The van der Waals surface area contributed by atoms with E-state index in [2.05, 4.69) is 37.7 Å². The Balaban J connectivity index is 2.68. The van der Waals surface area contributed by atoms with Crippen LogP contribution in [0.3, 0.4) is 0 Å². The normalized spacial score (nSPS) is 12.8. The van der Waals surface area contributed by atoms with E-state index >= 15 is 0 Å². The molecule has 3 heteroatoms. The Morgan fingerprint density at radius 3 is 2.73 bits per heavy atom. The largest absolute Gasteiger partial charge is 0.306 e. The van der Waals surface area contributed by atoms with Crippen molar-refractivity contribution >= 4 is 11.3 Å². The molecule has 0 spiro atoms. The van der Waals surface area contributed by atoms with Crippen molar-refractivity contribution in [3.8, 4) is 0 Å². The average Bonchev–Trinajstić information content (AvgIpc) is 2.56. The van der Waals surface area contributed by atoms with Gasteiger partial charge >= 0.3 is 0 Å². The quantitative estimate of drug-likeness (QED) is 0.777. The summed E-state index contributed by atoms with van der Waals surface area (Å²) in [5, 5.41) is 4.68. The molecule has 0 amide bonds. The van der Waals surface area contributed by atoms with E-state index in [4.69, 9.17) is 0 Å². The fourth-order valence-electron chi connectivity index (χ4n) is 1.44. The van der Waals surface area contributed by atoms with E-state index in [1.54, 1.807) is 0 Å². The van der Waals surface area contributed by atoms with Crippen LogP contribution < -0.4 is 5.32 Å². The maximum absolute atomic E-state index is 4.53. The second-order valence-electron chi connectivity index (χ2n) is 3.97. The fraction of sp³-hybridized carbons (Fsp3) is 0.583. The average molecular weight is 224 g/mol. The Morgan fingerprint density at radius 2 is 2.27 bits per heavy atom. The maximum atomic E-state index is 4.53. The third-order valence-electron chi connectivity index (χ3n) is 2.28. The van der Waals surface area contributed by atoms with Gasteiger partial charge in [-0.1, -0.05) is 19.1 Å². The molecule has 0 bridgehead atoms. The number of thiazole rings is 1. The summed E-state index contributed by atoms with van der Waals surface area (Å²) in [6, 6.07) is 0.375. The zero-order chi connectivity index (χ0) is 11.4. The smallest absolute Gasteiger partial charge is 0.0928 e. The van der Waals surface area contributed by atoms with Crippen molar-refractivity contribution in [3.05, 3.63) is 27.7 Å². The second-order valence-corrected chi connectivity index (χ2v) is 5.09. The molecule has 1 heterocycles. The molecule has 1 rings (SSSR count). The van der Waals surface area contributed by atoms with Crippen LogP contribution in [-0.2, 0) is 6.42 Å². The summed E-state index contributed by atoms with van der Waals surface area (Å²) in [5.74, 6) is 0. The molecule has 0 aliphatic heterocycles. The van der Waals surface area contributed by atoms with Gasteiger partial charge < -0.3 is 5.32 Å². The van der Waals surface area contributed by atoms with Gasteiger partial charge in [-0.25, -0.2) is 4.98 Å². The first-order valence-electron chi connectivity index (χ1n) is 5.38. The van der Waals surface area contributed by atoms with Crippen LogP contribution in [0.4, 0.5) is 0 Å². The van der Waals surface area contributed by atoms with Crippen molar-refractivity contribution in [2.45, 2.75) is 40.2 Å². The van der Waals surface area contributed by atoms with Crippen molar-refractivity contribution in [3.63, 3.8) is 0 Å². The van der Waals surface area contributed by atoms with Crippen molar-refractivity contribution in [2.75, 3.05) is 6.54 Å². The number of hydrogen-bond donors (Lipinski definition) is 1. The summed E-state index contributed by atoms with van der Waals surface area (Å²) in [5.41, 5.74) is 2.33. The molecule has 1 aromatic heterocycles. The van der Waals surface area contributed by atoms with Crippen LogP contribution in [0.2, 0.25) is 0 Å². The maximum Gasteiger partial charge on any atom is 0.0928 e. The van der Waals surface area contributed by atoms with Gasteiger partial charge in [-0.2, -0.15) is 0 Å². The van der Waals surface area contributed by atoms with Gasteiger partial charge in [0.05, 0.1) is 10.7 Å². The fourth-order valence-corrected chi connectivity index (χ4v) is 2.47. The van der Waals surface area contributed by atoms with Crippen LogP contribution in [0.25, 0.3) is 0 Å². The van der Waals surface area contributed by atoms with Gasteiger partial charge in [-0.3, -0.25) is 0 Å². The number of aromatic nitrogens is 1. The third-order valence-corrected chi connectivity index (χ3v) is 3.77. The van der Waals surface area contributed by atoms with E-state index in [1.807, 2.05) is 18.3 Å². The molecule has 0 aliphatic carbocycles. The number of aryl methyl sites for hydroxylation is 2. The van der Waals surface area contributed by atoms with Crippen molar-refractivity contribution in [1.29, 1.82) is 0 Å². The first kappa shape index (κ1) is 12.4. The van der Waals surface area contributed by atoms with Crippen LogP contribution in [0, 0.1) is 6.92 Å². The Morgan fingerprint density at radius 1 is 1.60 bits per heavy atom. The first-order chi connectivity index (χ1) is 7.04. The number of nitrogens with zero attached hydrogens (tertiary/aromatic N) is 1. The van der Waals surface area contributed by atoms with E-state index in [1.165, 1.54) is 21.2 Å². The van der Waals surface area contributed by atoms with Crippen LogP contribution in [0.1, 0.15) is 42.4 Å². The summed E-state index contributed by atoms with van der Waals surface area (Å²) < 4.78 is 0. The summed E-state index contributed by atoms with van der Waals surface area (Å²) in [6.07, 6.45) is 1.03. The Labute approximate surface area is 96.4 Å². The van der Waals surface area contributed by atoms with Crippen LogP contribution in [0.15, 0.2) is 12.2 Å². The van der Waals surface area contributed by atoms with Gasteiger partial charge in [-0.05, 0) is 27.2 Å². The number of nitrogens with one attached hydrogen (secondary N) is 1. The highest BCUT2D eigenvalue weighted by molar-refractivity contribution is 7.11.